The molecule has 0 unspecified atom stereocenters. The number of nitrogens with two attached hydrogens (primary N) is 1. The Balaban J connectivity index is 3.08. The molecule has 0 saturated carbocycles. The number of nitrogen functional groups attached to an aromatic ring is 1. The van der Waals surface area contributed by atoms with Gasteiger partial charge in [0.25, 0.3) is 0 Å². The van der Waals surface area contributed by atoms with Crippen LogP contribution in [0.15, 0.2) is 18.3 Å². The van der Waals surface area contributed by atoms with Crippen LogP contribution in [-0.4, -0.2) is 16.1 Å². The molecule has 3 N–H and O–H groups in total. The maximum atomic E-state index is 10.5. The zero-order valence-electron chi connectivity index (χ0n) is 7.14. The average Bonchev–Trinajstić information content (AvgIpc) is 2.14. The van der Waals surface area contributed by atoms with Gasteiger partial charge in [-0.2, -0.15) is 5.26 Å². The third-order valence-corrected chi connectivity index (χ3v) is 1.49. The number of nitrogens with zero attached hydrogens (tertiary/aromatic N) is 2. The first kappa shape index (κ1) is 9.74. The van der Waals surface area contributed by atoms with Gasteiger partial charge in [0.1, 0.15) is 0 Å². The highest BCUT2D eigenvalue weighted by molar-refractivity contribution is 5.91. The minimum atomic E-state index is -1.17. The zero-order chi connectivity index (χ0) is 10.6. The minimum absolute atomic E-state index is 0.0811. The van der Waals surface area contributed by atoms with Crippen LogP contribution < -0.4 is 5.73 Å². The lowest BCUT2D eigenvalue weighted by molar-refractivity contribution is 0.0692. The number of anilines is 1. The molecule has 0 amide bonds. The van der Waals surface area contributed by atoms with Gasteiger partial charge in [-0.1, -0.05) is 0 Å². The average molecular weight is 189 g/mol. The molecule has 14 heavy (non-hydrogen) atoms. The number of carbonyl (C=O) groups is 1. The molecule has 0 atom stereocenters. The van der Waals surface area contributed by atoms with Crippen molar-refractivity contribution in [3.05, 3.63) is 29.6 Å². The van der Waals surface area contributed by atoms with Gasteiger partial charge in [-0.05, 0) is 17.7 Å². The normalized spacial score (nSPS) is 9.93. The first-order valence-electron chi connectivity index (χ1n) is 3.70. The Labute approximate surface area is 80.1 Å². The molecule has 0 aromatic carbocycles. The topological polar surface area (TPSA) is 100 Å². The molecule has 1 aromatic rings. The van der Waals surface area contributed by atoms with Gasteiger partial charge in [-0.25, -0.2) is 9.78 Å². The van der Waals surface area contributed by atoms with Crippen LogP contribution >= 0.6 is 0 Å². The molecule has 70 valence electrons. The number of pyridine rings is 1. The second-order valence-corrected chi connectivity index (χ2v) is 2.47. The summed E-state index contributed by atoms with van der Waals surface area (Å²) in [6.07, 6.45) is 4.10. The van der Waals surface area contributed by atoms with Crippen molar-refractivity contribution < 1.29 is 9.90 Å². The van der Waals surface area contributed by atoms with Crippen LogP contribution in [-0.2, 0) is 0 Å². The van der Waals surface area contributed by atoms with E-state index < -0.39 is 5.97 Å². The largest absolute Gasteiger partial charge is 0.476 e. The fraction of sp³-hybridized carbons (Fsp3) is 0. The molecular formula is C9H7N3O2. The molecule has 1 aromatic heterocycles. The van der Waals surface area contributed by atoms with E-state index in [2.05, 4.69) is 4.98 Å². The molecule has 0 aliphatic carbocycles. The Bertz CT molecular complexity index is 432. The van der Waals surface area contributed by atoms with Gasteiger partial charge in [0, 0.05) is 12.3 Å². The predicted octanol–water partition coefficient (Wildman–Crippen LogP) is 0.899. The Morgan fingerprint density at radius 3 is 2.93 bits per heavy atom. The van der Waals surface area contributed by atoms with Gasteiger partial charge in [0.2, 0.25) is 0 Å². The van der Waals surface area contributed by atoms with Crippen molar-refractivity contribution in [3.8, 4) is 6.07 Å². The standard InChI is InChI=1S/C9H7N3O2/c10-3-1-2-6-4-7(11)8(9(13)14)12-5-6/h1-2,4-5H,11H2,(H,13,14). The summed E-state index contributed by atoms with van der Waals surface area (Å²) in [5.41, 5.74) is 5.93. The van der Waals surface area contributed by atoms with Crippen molar-refractivity contribution in [2.45, 2.75) is 0 Å². The highest BCUT2D eigenvalue weighted by Crippen LogP contribution is 2.11. The van der Waals surface area contributed by atoms with Gasteiger partial charge >= 0.3 is 5.97 Å². The van der Waals surface area contributed by atoms with Crippen molar-refractivity contribution in [2.75, 3.05) is 5.73 Å². The molecule has 0 aliphatic heterocycles. The highest BCUT2D eigenvalue weighted by atomic mass is 16.4. The quantitative estimate of drug-likeness (QED) is 0.673. The second-order valence-electron chi connectivity index (χ2n) is 2.47. The fourth-order valence-electron chi connectivity index (χ4n) is 0.902. The maximum absolute atomic E-state index is 10.5. The Kier molecular flexibility index (Phi) is 2.82. The third kappa shape index (κ3) is 2.08. The molecule has 0 fully saturated rings. The van der Waals surface area contributed by atoms with Gasteiger partial charge < -0.3 is 10.8 Å². The van der Waals surface area contributed by atoms with Crippen LogP contribution in [0.25, 0.3) is 6.08 Å². The van der Waals surface area contributed by atoms with E-state index in [1.165, 1.54) is 24.4 Å². The monoisotopic (exact) mass is 189 g/mol. The first-order chi connectivity index (χ1) is 6.65. The summed E-state index contributed by atoms with van der Waals surface area (Å²) in [4.78, 5) is 14.2. The lowest BCUT2D eigenvalue weighted by Crippen LogP contribution is -2.05. The first-order valence-corrected chi connectivity index (χ1v) is 3.70. The number of hydrogen-bond donors (Lipinski definition) is 2. The van der Waals surface area contributed by atoms with E-state index in [9.17, 15) is 4.79 Å². The van der Waals surface area contributed by atoms with Gasteiger partial charge in [0.15, 0.2) is 5.69 Å². The van der Waals surface area contributed by atoms with Crippen LogP contribution in [0, 0.1) is 11.3 Å². The number of rotatable bonds is 2. The lowest BCUT2D eigenvalue weighted by atomic mass is 10.2. The maximum Gasteiger partial charge on any atom is 0.356 e. The summed E-state index contributed by atoms with van der Waals surface area (Å²) in [6, 6.07) is 3.26. The van der Waals surface area contributed by atoms with Crippen molar-refractivity contribution in [2.24, 2.45) is 0 Å². The summed E-state index contributed by atoms with van der Waals surface area (Å²) in [7, 11) is 0. The van der Waals surface area contributed by atoms with E-state index in [1.807, 2.05) is 6.07 Å². The molecule has 0 aliphatic rings. The highest BCUT2D eigenvalue weighted by Gasteiger charge is 2.08. The van der Waals surface area contributed by atoms with Crippen molar-refractivity contribution in [3.63, 3.8) is 0 Å². The van der Waals surface area contributed by atoms with Crippen LogP contribution in [0.2, 0.25) is 0 Å². The molecular weight excluding hydrogens is 182 g/mol. The predicted molar refractivity (Wildman–Crippen MR) is 50.3 cm³/mol. The molecule has 0 spiro atoms. The minimum Gasteiger partial charge on any atom is -0.476 e. The van der Waals surface area contributed by atoms with Gasteiger partial charge in [-0.15, -0.1) is 0 Å². The Morgan fingerprint density at radius 1 is 1.71 bits per heavy atom. The molecule has 0 bridgehead atoms. The summed E-state index contributed by atoms with van der Waals surface area (Å²) < 4.78 is 0. The van der Waals surface area contributed by atoms with Crippen LogP contribution in [0.1, 0.15) is 16.1 Å². The van der Waals surface area contributed by atoms with E-state index >= 15 is 0 Å². The number of carboxylic acid groups (broad SMARTS) is 1. The number of nitriles is 1. The number of hydrogen-bond acceptors (Lipinski definition) is 4. The van der Waals surface area contributed by atoms with E-state index in [-0.39, 0.29) is 11.4 Å². The summed E-state index contributed by atoms with van der Waals surface area (Å²) in [5, 5.41) is 16.9. The van der Waals surface area contributed by atoms with E-state index in [0.29, 0.717) is 5.56 Å². The lowest BCUT2D eigenvalue weighted by Gasteiger charge is -1.99. The van der Waals surface area contributed by atoms with E-state index in [4.69, 9.17) is 16.1 Å². The summed E-state index contributed by atoms with van der Waals surface area (Å²) in [5.74, 6) is -1.17. The molecule has 5 heteroatoms. The second kappa shape index (κ2) is 4.05. The summed E-state index contributed by atoms with van der Waals surface area (Å²) >= 11 is 0. The molecule has 0 saturated heterocycles. The smallest absolute Gasteiger partial charge is 0.356 e. The fourth-order valence-corrected chi connectivity index (χ4v) is 0.902. The Morgan fingerprint density at radius 2 is 2.43 bits per heavy atom. The molecule has 1 heterocycles. The molecule has 0 radical (unpaired) electrons. The number of carboxylic acids is 1. The van der Waals surface area contributed by atoms with Gasteiger partial charge in [0.05, 0.1) is 11.8 Å². The van der Waals surface area contributed by atoms with Crippen LogP contribution in [0.4, 0.5) is 5.69 Å². The SMILES string of the molecule is N#CC=Cc1cnc(C(=O)O)c(N)c1. The zero-order valence-corrected chi connectivity index (χ0v) is 7.14. The van der Waals surface area contributed by atoms with E-state index in [0.717, 1.165) is 0 Å². The number of aromatic carboxylic acids is 1. The summed E-state index contributed by atoms with van der Waals surface area (Å²) in [6.45, 7) is 0. The molecule has 5 nitrogen and oxygen atoms in total. The van der Waals surface area contributed by atoms with Crippen LogP contribution in [0.5, 0.6) is 0 Å². The molecule has 1 rings (SSSR count). The van der Waals surface area contributed by atoms with Gasteiger partial charge in [-0.3, -0.25) is 0 Å². The Hall–Kier alpha value is -2.35. The van der Waals surface area contributed by atoms with Crippen LogP contribution in [0.3, 0.4) is 0 Å². The van der Waals surface area contributed by atoms with Crippen molar-refractivity contribution >= 4 is 17.7 Å². The van der Waals surface area contributed by atoms with E-state index in [1.54, 1.807) is 0 Å². The third-order valence-electron chi connectivity index (χ3n) is 1.49. The van der Waals surface area contributed by atoms with Crippen molar-refractivity contribution in [1.29, 1.82) is 5.26 Å². The number of allylic oxidation sites excluding steroid dienone is 1. The van der Waals surface area contributed by atoms with Crippen molar-refractivity contribution in [1.82, 2.24) is 4.98 Å². The number of aromatic nitrogens is 1.